The van der Waals surface area contributed by atoms with Crippen molar-refractivity contribution in [2.45, 2.75) is 13.2 Å². The highest BCUT2D eigenvalue weighted by molar-refractivity contribution is 6.30. The van der Waals surface area contributed by atoms with Gasteiger partial charge in [0.15, 0.2) is 6.79 Å². The SMILES string of the molecule is O=C(CNC(=O)c1cccc(F)c1)OCc1cc(Cl)cc2c1OCOC2. The van der Waals surface area contributed by atoms with Crippen LogP contribution in [-0.4, -0.2) is 25.2 Å². The van der Waals surface area contributed by atoms with Gasteiger partial charge in [0.2, 0.25) is 0 Å². The second kappa shape index (κ2) is 8.16. The highest BCUT2D eigenvalue weighted by Crippen LogP contribution is 2.32. The number of rotatable bonds is 5. The van der Waals surface area contributed by atoms with Gasteiger partial charge in [0, 0.05) is 21.7 Å². The van der Waals surface area contributed by atoms with Crippen molar-refractivity contribution in [3.05, 3.63) is 63.9 Å². The van der Waals surface area contributed by atoms with E-state index in [1.807, 2.05) is 0 Å². The largest absolute Gasteiger partial charge is 0.467 e. The zero-order valence-corrected chi connectivity index (χ0v) is 14.3. The van der Waals surface area contributed by atoms with Crippen molar-refractivity contribution in [2.75, 3.05) is 13.3 Å². The number of ether oxygens (including phenoxy) is 3. The fourth-order valence-corrected chi connectivity index (χ4v) is 2.72. The van der Waals surface area contributed by atoms with E-state index in [0.29, 0.717) is 22.9 Å². The molecule has 6 nitrogen and oxygen atoms in total. The van der Waals surface area contributed by atoms with Gasteiger partial charge in [-0.1, -0.05) is 17.7 Å². The first-order valence-electron chi connectivity index (χ1n) is 7.74. The first-order valence-corrected chi connectivity index (χ1v) is 8.12. The highest BCUT2D eigenvalue weighted by atomic mass is 35.5. The van der Waals surface area contributed by atoms with Crippen LogP contribution in [0.3, 0.4) is 0 Å². The van der Waals surface area contributed by atoms with Crippen molar-refractivity contribution in [3.8, 4) is 5.75 Å². The number of carbonyl (C=O) groups is 2. The van der Waals surface area contributed by atoms with Crippen LogP contribution < -0.4 is 10.1 Å². The maximum Gasteiger partial charge on any atom is 0.325 e. The Morgan fingerprint density at radius 2 is 2.12 bits per heavy atom. The van der Waals surface area contributed by atoms with Crippen LogP contribution in [-0.2, 0) is 27.5 Å². The van der Waals surface area contributed by atoms with Crippen molar-refractivity contribution in [1.82, 2.24) is 5.32 Å². The van der Waals surface area contributed by atoms with Crippen LogP contribution in [0.25, 0.3) is 0 Å². The molecule has 8 heteroatoms. The average molecular weight is 380 g/mol. The van der Waals surface area contributed by atoms with Gasteiger partial charge < -0.3 is 19.5 Å². The van der Waals surface area contributed by atoms with E-state index >= 15 is 0 Å². The first kappa shape index (κ1) is 18.2. The van der Waals surface area contributed by atoms with E-state index < -0.39 is 17.7 Å². The molecule has 0 radical (unpaired) electrons. The average Bonchev–Trinajstić information content (AvgIpc) is 2.64. The van der Waals surface area contributed by atoms with Crippen LogP contribution in [0.1, 0.15) is 21.5 Å². The maximum absolute atomic E-state index is 13.1. The second-order valence-electron chi connectivity index (χ2n) is 5.52. The minimum atomic E-state index is -0.643. The molecule has 3 rings (SSSR count). The Kier molecular flexibility index (Phi) is 5.70. The number of hydrogen-bond acceptors (Lipinski definition) is 5. The summed E-state index contributed by atoms with van der Waals surface area (Å²) < 4.78 is 28.9. The normalized spacial score (nSPS) is 12.7. The summed E-state index contributed by atoms with van der Waals surface area (Å²) in [7, 11) is 0. The standard InChI is InChI=1S/C18H15ClFNO5/c19-14-4-12-8-24-10-26-17(12)13(5-14)9-25-16(22)7-21-18(23)11-2-1-3-15(20)6-11/h1-6H,7-10H2,(H,21,23). The molecule has 0 bridgehead atoms. The molecule has 1 aliphatic rings. The molecular weight excluding hydrogens is 365 g/mol. The molecule has 0 atom stereocenters. The Balaban J connectivity index is 1.55. The summed E-state index contributed by atoms with van der Waals surface area (Å²) in [6.07, 6.45) is 0. The Bertz CT molecular complexity index is 842. The minimum Gasteiger partial charge on any atom is -0.467 e. The van der Waals surface area contributed by atoms with Gasteiger partial charge in [0.25, 0.3) is 5.91 Å². The zero-order valence-electron chi connectivity index (χ0n) is 13.6. The monoisotopic (exact) mass is 379 g/mol. The van der Waals surface area contributed by atoms with E-state index in [1.165, 1.54) is 18.2 Å². The van der Waals surface area contributed by atoms with E-state index in [1.54, 1.807) is 12.1 Å². The molecule has 0 unspecified atom stereocenters. The predicted molar refractivity (Wildman–Crippen MR) is 90.3 cm³/mol. The molecule has 136 valence electrons. The van der Waals surface area contributed by atoms with Gasteiger partial charge in [-0.2, -0.15) is 0 Å². The summed E-state index contributed by atoms with van der Waals surface area (Å²) in [5.74, 6) is -1.16. The van der Waals surface area contributed by atoms with Crippen molar-refractivity contribution in [1.29, 1.82) is 0 Å². The van der Waals surface area contributed by atoms with E-state index in [-0.39, 0.29) is 25.5 Å². The van der Waals surface area contributed by atoms with Crippen molar-refractivity contribution in [3.63, 3.8) is 0 Å². The summed E-state index contributed by atoms with van der Waals surface area (Å²) in [5.41, 5.74) is 1.50. The third-order valence-electron chi connectivity index (χ3n) is 3.62. The lowest BCUT2D eigenvalue weighted by molar-refractivity contribution is -0.143. The number of halogens is 2. The molecule has 1 heterocycles. The lowest BCUT2D eigenvalue weighted by atomic mass is 10.1. The van der Waals surface area contributed by atoms with Crippen molar-refractivity contribution >= 4 is 23.5 Å². The molecule has 2 aromatic rings. The Hall–Kier alpha value is -2.64. The molecule has 0 saturated carbocycles. The molecule has 1 amide bonds. The number of esters is 1. The summed E-state index contributed by atoms with van der Waals surface area (Å²) in [5, 5.41) is 2.85. The van der Waals surface area contributed by atoms with E-state index in [4.69, 9.17) is 25.8 Å². The Morgan fingerprint density at radius 3 is 2.92 bits per heavy atom. The van der Waals surface area contributed by atoms with E-state index in [0.717, 1.165) is 11.6 Å². The van der Waals surface area contributed by atoms with Crippen LogP contribution >= 0.6 is 11.6 Å². The highest BCUT2D eigenvalue weighted by Gasteiger charge is 2.18. The number of hydrogen-bond donors (Lipinski definition) is 1. The molecule has 0 fully saturated rings. The van der Waals surface area contributed by atoms with Crippen LogP contribution in [0.15, 0.2) is 36.4 Å². The first-order chi connectivity index (χ1) is 12.5. The topological polar surface area (TPSA) is 73.9 Å². The molecule has 0 spiro atoms. The Labute approximate surface area is 153 Å². The maximum atomic E-state index is 13.1. The molecule has 2 aromatic carbocycles. The Morgan fingerprint density at radius 1 is 1.27 bits per heavy atom. The molecule has 1 N–H and O–H groups in total. The van der Waals surface area contributed by atoms with Crippen molar-refractivity contribution in [2.24, 2.45) is 0 Å². The number of fused-ring (bicyclic) bond motifs is 1. The van der Waals surface area contributed by atoms with Gasteiger partial charge >= 0.3 is 5.97 Å². The molecule has 0 aromatic heterocycles. The van der Waals surface area contributed by atoms with Crippen LogP contribution in [0.2, 0.25) is 5.02 Å². The van der Waals surface area contributed by atoms with Crippen LogP contribution in [0.4, 0.5) is 4.39 Å². The zero-order chi connectivity index (χ0) is 18.5. The third kappa shape index (κ3) is 4.50. The van der Waals surface area contributed by atoms with Gasteiger partial charge in [0.05, 0.1) is 6.61 Å². The van der Waals surface area contributed by atoms with Gasteiger partial charge in [-0.3, -0.25) is 9.59 Å². The number of nitrogens with one attached hydrogen (secondary N) is 1. The smallest absolute Gasteiger partial charge is 0.325 e. The summed E-state index contributed by atoms with van der Waals surface area (Å²) in [6, 6.07) is 8.53. The van der Waals surface area contributed by atoms with Crippen LogP contribution in [0.5, 0.6) is 5.75 Å². The fourth-order valence-electron chi connectivity index (χ4n) is 2.46. The lowest BCUT2D eigenvalue weighted by Crippen LogP contribution is -2.30. The fraction of sp³-hybridized carbons (Fsp3) is 0.222. The van der Waals surface area contributed by atoms with Gasteiger partial charge in [0.1, 0.15) is 24.7 Å². The summed E-state index contributed by atoms with van der Waals surface area (Å²) >= 11 is 6.04. The molecule has 0 aliphatic carbocycles. The number of amides is 1. The van der Waals surface area contributed by atoms with Crippen molar-refractivity contribution < 1.29 is 28.2 Å². The van der Waals surface area contributed by atoms with E-state index in [2.05, 4.69) is 5.32 Å². The van der Waals surface area contributed by atoms with Gasteiger partial charge in [-0.15, -0.1) is 0 Å². The second-order valence-corrected chi connectivity index (χ2v) is 5.95. The molecule has 26 heavy (non-hydrogen) atoms. The minimum absolute atomic E-state index is 0.0580. The quantitative estimate of drug-likeness (QED) is 0.809. The predicted octanol–water partition coefficient (Wildman–Crippen LogP) is 2.82. The van der Waals surface area contributed by atoms with Crippen LogP contribution in [0, 0.1) is 5.82 Å². The third-order valence-corrected chi connectivity index (χ3v) is 3.84. The molecule has 1 aliphatic heterocycles. The number of benzene rings is 2. The summed E-state index contributed by atoms with van der Waals surface area (Å²) in [4.78, 5) is 23.7. The summed E-state index contributed by atoms with van der Waals surface area (Å²) in [6.45, 7) is 0.0689. The van der Waals surface area contributed by atoms with Gasteiger partial charge in [-0.05, 0) is 30.3 Å². The molecule has 0 saturated heterocycles. The van der Waals surface area contributed by atoms with Gasteiger partial charge in [-0.25, -0.2) is 4.39 Å². The lowest BCUT2D eigenvalue weighted by Gasteiger charge is -2.21. The number of carbonyl (C=O) groups excluding carboxylic acids is 2. The van der Waals surface area contributed by atoms with E-state index in [9.17, 15) is 14.0 Å². The molecular formula is C18H15ClFNO5.